The molecule has 120 valence electrons. The molecule has 2 N–H and O–H groups in total. The molecule has 0 bridgehead atoms. The van der Waals surface area contributed by atoms with Crippen LogP contribution in [0.25, 0.3) is 10.7 Å². The minimum absolute atomic E-state index is 0.148. The third kappa shape index (κ3) is 3.59. The second-order valence-electron chi connectivity index (χ2n) is 4.97. The molecule has 2 aromatic heterocycles. The molecule has 0 aliphatic heterocycles. The Morgan fingerprint density at radius 3 is 3.04 bits per heavy atom. The topological polar surface area (TPSA) is 86.5 Å². The Hall–Kier alpha value is -2.76. The van der Waals surface area contributed by atoms with Crippen LogP contribution in [0.3, 0.4) is 0 Å². The molecule has 2 heterocycles. The zero-order valence-electron chi connectivity index (χ0n) is 12.5. The summed E-state index contributed by atoms with van der Waals surface area (Å²) in [5.74, 6) is 0.583. The van der Waals surface area contributed by atoms with Gasteiger partial charge in [0.15, 0.2) is 10.6 Å². The third-order valence-electron chi connectivity index (χ3n) is 3.34. The summed E-state index contributed by atoms with van der Waals surface area (Å²) in [6, 6.07) is 12.8. The lowest BCUT2D eigenvalue weighted by molar-refractivity contribution is -0.116. The van der Waals surface area contributed by atoms with Gasteiger partial charge in [-0.25, -0.2) is 0 Å². The van der Waals surface area contributed by atoms with E-state index in [0.29, 0.717) is 22.6 Å². The molecule has 3 aromatic rings. The maximum absolute atomic E-state index is 12.1. The summed E-state index contributed by atoms with van der Waals surface area (Å²) in [5.41, 5.74) is 1.11. The highest BCUT2D eigenvalue weighted by molar-refractivity contribution is 7.71. The monoisotopic (exact) mass is 355 g/mol. The number of nitrogens with zero attached hydrogens (tertiary/aromatic N) is 3. The second kappa shape index (κ2) is 7.21. The Morgan fingerprint density at radius 1 is 1.42 bits per heavy atom. The molecule has 3 rings (SSSR count). The molecule has 6 nitrogen and oxygen atoms in total. The predicted octanol–water partition coefficient (Wildman–Crippen LogP) is 3.57. The molecule has 0 saturated heterocycles. The predicted molar refractivity (Wildman–Crippen MR) is 95.1 cm³/mol. The number of amides is 1. The fraction of sp³-hybridized carbons (Fsp3) is 0.125. The fourth-order valence-corrected chi connectivity index (χ4v) is 3.17. The molecule has 0 saturated carbocycles. The minimum Gasteiger partial charge on any atom is -0.326 e. The van der Waals surface area contributed by atoms with Crippen molar-refractivity contribution in [1.82, 2.24) is 14.8 Å². The smallest absolute Gasteiger partial charge is 0.226 e. The van der Waals surface area contributed by atoms with Gasteiger partial charge in [0, 0.05) is 18.7 Å². The van der Waals surface area contributed by atoms with E-state index in [9.17, 15) is 4.79 Å². The molecule has 0 fully saturated rings. The van der Waals surface area contributed by atoms with Gasteiger partial charge in [-0.05, 0) is 41.9 Å². The lowest BCUT2D eigenvalue weighted by atomic mass is 10.2. The number of hydrogen-bond acceptors (Lipinski definition) is 5. The highest BCUT2D eigenvalue weighted by atomic mass is 32.1. The van der Waals surface area contributed by atoms with Gasteiger partial charge in [-0.3, -0.25) is 14.5 Å². The van der Waals surface area contributed by atoms with Gasteiger partial charge in [-0.15, -0.1) is 11.3 Å². The standard InChI is InChI=1S/C16H13N5OS2/c17-10-11-3-1-4-12(9-11)18-14(22)6-7-21-15(19-20-16(21)23)13-5-2-8-24-13/h1-5,8-9H,6-7H2,(H,18,22)(H,20,23). The lowest BCUT2D eigenvalue weighted by Crippen LogP contribution is -2.15. The summed E-state index contributed by atoms with van der Waals surface area (Å²) in [6.07, 6.45) is 0.253. The highest BCUT2D eigenvalue weighted by Crippen LogP contribution is 2.23. The van der Waals surface area contributed by atoms with Gasteiger partial charge in [-0.1, -0.05) is 12.1 Å². The van der Waals surface area contributed by atoms with Crippen molar-refractivity contribution >= 4 is 35.1 Å². The normalized spacial score (nSPS) is 10.3. The van der Waals surface area contributed by atoms with E-state index >= 15 is 0 Å². The maximum atomic E-state index is 12.1. The van der Waals surface area contributed by atoms with E-state index in [0.717, 1.165) is 10.7 Å². The van der Waals surface area contributed by atoms with Crippen LogP contribution < -0.4 is 5.32 Å². The molecule has 1 amide bonds. The minimum atomic E-state index is -0.148. The van der Waals surface area contributed by atoms with Gasteiger partial charge in [0.1, 0.15) is 0 Å². The van der Waals surface area contributed by atoms with E-state index in [1.54, 1.807) is 35.6 Å². The van der Waals surface area contributed by atoms with Gasteiger partial charge in [-0.2, -0.15) is 10.4 Å². The van der Waals surface area contributed by atoms with Crippen molar-refractivity contribution in [2.45, 2.75) is 13.0 Å². The van der Waals surface area contributed by atoms with Gasteiger partial charge in [0.05, 0.1) is 16.5 Å². The van der Waals surface area contributed by atoms with E-state index in [2.05, 4.69) is 15.5 Å². The largest absolute Gasteiger partial charge is 0.326 e. The number of benzene rings is 1. The van der Waals surface area contributed by atoms with Crippen LogP contribution in [0.15, 0.2) is 41.8 Å². The van der Waals surface area contributed by atoms with Crippen molar-refractivity contribution in [3.8, 4) is 16.8 Å². The first-order valence-corrected chi connectivity index (χ1v) is 8.45. The summed E-state index contributed by atoms with van der Waals surface area (Å²) in [4.78, 5) is 13.1. The molecule has 1 aromatic carbocycles. The van der Waals surface area contributed by atoms with Crippen molar-refractivity contribution in [3.63, 3.8) is 0 Å². The van der Waals surface area contributed by atoms with Crippen LogP contribution in [-0.4, -0.2) is 20.7 Å². The number of carbonyl (C=O) groups is 1. The van der Waals surface area contributed by atoms with Crippen molar-refractivity contribution in [2.24, 2.45) is 0 Å². The van der Waals surface area contributed by atoms with E-state index in [-0.39, 0.29) is 12.3 Å². The molecule has 0 atom stereocenters. The Bertz CT molecular complexity index is 950. The van der Waals surface area contributed by atoms with Crippen molar-refractivity contribution in [3.05, 3.63) is 52.1 Å². The number of nitrogens with one attached hydrogen (secondary N) is 2. The van der Waals surface area contributed by atoms with E-state index in [1.165, 1.54) is 0 Å². The second-order valence-corrected chi connectivity index (χ2v) is 6.31. The first kappa shape index (κ1) is 16.1. The van der Waals surface area contributed by atoms with Crippen molar-refractivity contribution in [2.75, 3.05) is 5.32 Å². The van der Waals surface area contributed by atoms with E-state index in [4.69, 9.17) is 17.5 Å². The summed E-state index contributed by atoms with van der Waals surface area (Å²) in [6.45, 7) is 0.423. The number of aromatic amines is 1. The van der Waals surface area contributed by atoms with E-state index < -0.39 is 0 Å². The number of carbonyl (C=O) groups excluding carboxylic acids is 1. The van der Waals surface area contributed by atoms with Gasteiger partial charge < -0.3 is 5.32 Å². The average Bonchev–Trinajstić information content (AvgIpc) is 3.22. The molecule has 24 heavy (non-hydrogen) atoms. The number of nitriles is 1. The fourth-order valence-electron chi connectivity index (χ4n) is 2.22. The number of rotatable bonds is 5. The van der Waals surface area contributed by atoms with Crippen molar-refractivity contribution in [1.29, 1.82) is 5.26 Å². The number of aromatic nitrogens is 3. The number of H-pyrrole nitrogens is 1. The molecule has 0 unspecified atom stereocenters. The molecule has 0 radical (unpaired) electrons. The zero-order valence-corrected chi connectivity index (χ0v) is 14.2. The molecule has 8 heteroatoms. The highest BCUT2D eigenvalue weighted by Gasteiger charge is 2.11. The summed E-state index contributed by atoms with van der Waals surface area (Å²) in [7, 11) is 0. The molecular formula is C16H13N5OS2. The molecule has 0 aliphatic rings. The molecular weight excluding hydrogens is 342 g/mol. The quantitative estimate of drug-likeness (QED) is 0.685. The summed E-state index contributed by atoms with van der Waals surface area (Å²) >= 11 is 6.81. The van der Waals surface area contributed by atoms with Gasteiger partial charge in [0.25, 0.3) is 0 Å². The molecule has 0 aliphatic carbocycles. The van der Waals surface area contributed by atoms with Crippen LogP contribution in [0.4, 0.5) is 5.69 Å². The van der Waals surface area contributed by atoms with Crippen LogP contribution in [-0.2, 0) is 11.3 Å². The van der Waals surface area contributed by atoms with Crippen LogP contribution in [0, 0.1) is 16.1 Å². The first-order chi connectivity index (χ1) is 11.7. The van der Waals surface area contributed by atoms with Gasteiger partial charge in [0.2, 0.25) is 5.91 Å². The summed E-state index contributed by atoms with van der Waals surface area (Å²) in [5, 5.41) is 20.6. The van der Waals surface area contributed by atoms with Gasteiger partial charge >= 0.3 is 0 Å². The average molecular weight is 355 g/mol. The van der Waals surface area contributed by atoms with Crippen LogP contribution in [0.1, 0.15) is 12.0 Å². The van der Waals surface area contributed by atoms with E-state index in [1.807, 2.05) is 28.1 Å². The zero-order chi connectivity index (χ0) is 16.9. The van der Waals surface area contributed by atoms with Crippen LogP contribution in [0.5, 0.6) is 0 Å². The first-order valence-electron chi connectivity index (χ1n) is 7.16. The molecule has 0 spiro atoms. The Balaban J connectivity index is 1.68. The SMILES string of the molecule is N#Cc1cccc(NC(=O)CCn2c(-c3cccs3)n[nH]c2=S)c1. The van der Waals surface area contributed by atoms with Crippen LogP contribution in [0.2, 0.25) is 0 Å². The maximum Gasteiger partial charge on any atom is 0.226 e. The Kier molecular flexibility index (Phi) is 4.84. The van der Waals surface area contributed by atoms with Crippen molar-refractivity contribution < 1.29 is 4.79 Å². The summed E-state index contributed by atoms with van der Waals surface area (Å²) < 4.78 is 2.30. The lowest BCUT2D eigenvalue weighted by Gasteiger charge is -2.07. The number of thiophene rings is 1. The number of hydrogen-bond donors (Lipinski definition) is 2. The Morgan fingerprint density at radius 2 is 2.29 bits per heavy atom. The van der Waals surface area contributed by atoms with Crippen LogP contribution >= 0.6 is 23.6 Å². The Labute approximate surface area is 147 Å². The third-order valence-corrected chi connectivity index (χ3v) is 4.52. The number of anilines is 1.